The van der Waals surface area contributed by atoms with Gasteiger partial charge in [0.1, 0.15) is 0 Å². The number of sulfonamides is 1. The number of aliphatic imine (C=N–C) groups is 1. The van der Waals surface area contributed by atoms with Gasteiger partial charge in [-0.1, -0.05) is 25.1 Å². The fourth-order valence-electron chi connectivity index (χ4n) is 3.55. The third-order valence-electron chi connectivity index (χ3n) is 4.84. The minimum atomic E-state index is -3.60. The molecule has 172 valence electrons. The van der Waals surface area contributed by atoms with Crippen LogP contribution in [0.1, 0.15) is 52.5 Å². The zero-order valence-electron chi connectivity index (χ0n) is 18.9. The van der Waals surface area contributed by atoms with E-state index in [1.165, 1.54) is 6.42 Å². The Hall–Kier alpha value is -0.910. The lowest BCUT2D eigenvalue weighted by atomic mass is 10.1. The third-order valence-corrected chi connectivity index (χ3v) is 6.70. The SMILES string of the molecule is CCCN1CCC(NC(=NC)NCc2ccccc2S(=O)(=O)NC(C)(C)C)CC1.I. The highest BCUT2D eigenvalue weighted by atomic mass is 127. The largest absolute Gasteiger partial charge is 0.354 e. The predicted octanol–water partition coefficient (Wildman–Crippen LogP) is 2.92. The highest BCUT2D eigenvalue weighted by Crippen LogP contribution is 2.18. The maximum Gasteiger partial charge on any atom is 0.241 e. The summed E-state index contributed by atoms with van der Waals surface area (Å²) in [4.78, 5) is 7.11. The van der Waals surface area contributed by atoms with Gasteiger partial charge in [0.2, 0.25) is 10.0 Å². The van der Waals surface area contributed by atoms with E-state index in [0.717, 1.165) is 32.5 Å². The van der Waals surface area contributed by atoms with Gasteiger partial charge >= 0.3 is 0 Å². The minimum absolute atomic E-state index is 0. The Kier molecular flexibility index (Phi) is 11.0. The molecule has 1 aromatic carbocycles. The zero-order chi connectivity index (χ0) is 21.5. The summed E-state index contributed by atoms with van der Waals surface area (Å²) < 4.78 is 28.3. The van der Waals surface area contributed by atoms with Crippen molar-refractivity contribution in [2.75, 3.05) is 26.7 Å². The van der Waals surface area contributed by atoms with Crippen molar-refractivity contribution in [2.45, 2.75) is 70.0 Å². The van der Waals surface area contributed by atoms with Gasteiger partial charge in [-0.15, -0.1) is 24.0 Å². The Morgan fingerprint density at radius 3 is 2.40 bits per heavy atom. The Bertz CT molecular complexity index is 785. The van der Waals surface area contributed by atoms with Gasteiger partial charge < -0.3 is 15.5 Å². The standard InChI is InChI=1S/C21H37N5O2S.HI/c1-6-13-26-14-11-18(12-15-26)24-20(22-5)23-16-17-9-7-8-10-19(17)29(27,28)25-21(2,3)4;/h7-10,18,25H,6,11-16H2,1-5H3,(H2,22,23,24);1H. The Morgan fingerprint density at radius 2 is 1.83 bits per heavy atom. The average Bonchev–Trinajstić information content (AvgIpc) is 2.65. The van der Waals surface area contributed by atoms with Crippen molar-refractivity contribution in [3.8, 4) is 0 Å². The number of guanidine groups is 1. The Labute approximate surface area is 199 Å². The van der Waals surface area contributed by atoms with Crippen LogP contribution >= 0.6 is 24.0 Å². The van der Waals surface area contributed by atoms with E-state index in [1.807, 2.05) is 32.9 Å². The van der Waals surface area contributed by atoms with Gasteiger partial charge in [0.05, 0.1) is 4.90 Å². The summed E-state index contributed by atoms with van der Waals surface area (Å²) in [7, 11) is -1.86. The molecule has 0 spiro atoms. The fourth-order valence-corrected chi connectivity index (χ4v) is 5.21. The quantitative estimate of drug-likeness (QED) is 0.276. The molecule has 0 aromatic heterocycles. The average molecular weight is 552 g/mol. The molecule has 1 fully saturated rings. The van der Waals surface area contributed by atoms with Crippen molar-refractivity contribution in [1.29, 1.82) is 0 Å². The monoisotopic (exact) mass is 551 g/mol. The van der Waals surface area contributed by atoms with Gasteiger partial charge in [-0.3, -0.25) is 4.99 Å². The molecule has 2 rings (SSSR count). The second-order valence-electron chi connectivity index (χ2n) is 8.65. The fraction of sp³-hybridized carbons (Fsp3) is 0.667. The molecule has 1 aromatic rings. The first kappa shape index (κ1) is 27.1. The lowest BCUT2D eigenvalue weighted by Gasteiger charge is -2.32. The van der Waals surface area contributed by atoms with Crippen LogP contribution in [-0.2, 0) is 16.6 Å². The number of hydrogen-bond acceptors (Lipinski definition) is 4. The van der Waals surface area contributed by atoms with Crippen molar-refractivity contribution in [2.24, 2.45) is 4.99 Å². The van der Waals surface area contributed by atoms with Crippen LogP contribution in [0.25, 0.3) is 0 Å². The second-order valence-corrected chi connectivity index (χ2v) is 10.3. The van der Waals surface area contributed by atoms with E-state index in [2.05, 4.69) is 32.2 Å². The van der Waals surface area contributed by atoms with E-state index in [9.17, 15) is 8.42 Å². The van der Waals surface area contributed by atoms with E-state index in [-0.39, 0.29) is 24.0 Å². The summed E-state index contributed by atoms with van der Waals surface area (Å²) in [6.45, 7) is 11.5. The summed E-state index contributed by atoms with van der Waals surface area (Å²) >= 11 is 0. The highest BCUT2D eigenvalue weighted by Gasteiger charge is 2.24. The molecule has 0 atom stereocenters. The number of rotatable bonds is 7. The summed E-state index contributed by atoms with van der Waals surface area (Å²) in [6, 6.07) is 7.46. The molecular weight excluding hydrogens is 513 g/mol. The molecule has 1 heterocycles. The topological polar surface area (TPSA) is 85.8 Å². The molecule has 1 aliphatic rings. The van der Waals surface area contributed by atoms with Crippen LogP contribution in [0, 0.1) is 0 Å². The first-order valence-corrected chi connectivity index (χ1v) is 11.9. The Morgan fingerprint density at radius 1 is 1.20 bits per heavy atom. The second kappa shape index (κ2) is 12.2. The normalized spacial score (nSPS) is 16.8. The van der Waals surface area contributed by atoms with Gasteiger partial charge in [-0.25, -0.2) is 13.1 Å². The van der Waals surface area contributed by atoms with Crippen molar-refractivity contribution in [3.63, 3.8) is 0 Å². The molecule has 7 nitrogen and oxygen atoms in total. The summed E-state index contributed by atoms with van der Waals surface area (Å²) in [6.07, 6.45) is 3.36. The maximum absolute atomic E-state index is 12.8. The lowest BCUT2D eigenvalue weighted by Crippen LogP contribution is -2.48. The molecule has 0 amide bonds. The van der Waals surface area contributed by atoms with Gasteiger partial charge in [-0.05, 0) is 58.2 Å². The van der Waals surface area contributed by atoms with Crippen LogP contribution in [0.15, 0.2) is 34.2 Å². The van der Waals surface area contributed by atoms with Gasteiger partial charge in [0.25, 0.3) is 0 Å². The summed E-state index contributed by atoms with van der Waals surface area (Å²) in [5.74, 6) is 0.704. The number of benzene rings is 1. The third kappa shape index (κ3) is 8.68. The number of hydrogen-bond donors (Lipinski definition) is 3. The summed E-state index contributed by atoms with van der Waals surface area (Å²) in [5, 5.41) is 6.76. The first-order chi connectivity index (χ1) is 13.6. The van der Waals surface area contributed by atoms with Gasteiger partial charge in [0, 0.05) is 38.3 Å². The molecule has 30 heavy (non-hydrogen) atoms. The van der Waals surface area contributed by atoms with E-state index >= 15 is 0 Å². The number of likely N-dealkylation sites (tertiary alicyclic amines) is 1. The van der Waals surface area contributed by atoms with Gasteiger partial charge in [0.15, 0.2) is 5.96 Å². The minimum Gasteiger partial charge on any atom is -0.354 e. The number of piperidine rings is 1. The molecule has 0 aliphatic carbocycles. The van der Waals surface area contributed by atoms with Crippen LogP contribution < -0.4 is 15.4 Å². The Balaban J connectivity index is 0.00000450. The van der Waals surface area contributed by atoms with Crippen LogP contribution in [-0.4, -0.2) is 57.5 Å². The van der Waals surface area contributed by atoms with Crippen LogP contribution in [0.4, 0.5) is 0 Å². The van der Waals surface area contributed by atoms with E-state index in [4.69, 9.17) is 0 Å². The number of nitrogens with one attached hydrogen (secondary N) is 3. The molecule has 0 unspecified atom stereocenters. The molecule has 0 bridgehead atoms. The van der Waals surface area contributed by atoms with Crippen LogP contribution in [0.3, 0.4) is 0 Å². The van der Waals surface area contributed by atoms with E-state index < -0.39 is 15.6 Å². The smallest absolute Gasteiger partial charge is 0.241 e. The first-order valence-electron chi connectivity index (χ1n) is 10.5. The van der Waals surface area contributed by atoms with Crippen molar-refractivity contribution in [3.05, 3.63) is 29.8 Å². The summed E-state index contributed by atoms with van der Waals surface area (Å²) in [5.41, 5.74) is 0.175. The predicted molar refractivity (Wildman–Crippen MR) is 135 cm³/mol. The van der Waals surface area contributed by atoms with Crippen LogP contribution in [0.2, 0.25) is 0 Å². The van der Waals surface area contributed by atoms with Crippen molar-refractivity contribution in [1.82, 2.24) is 20.3 Å². The molecule has 1 aliphatic heterocycles. The lowest BCUT2D eigenvalue weighted by molar-refractivity contribution is 0.206. The van der Waals surface area contributed by atoms with Crippen molar-refractivity contribution >= 4 is 40.0 Å². The number of nitrogens with zero attached hydrogens (tertiary/aromatic N) is 2. The number of halogens is 1. The molecule has 1 saturated heterocycles. The molecular formula is C21H38IN5O2S. The zero-order valence-corrected chi connectivity index (χ0v) is 22.0. The van der Waals surface area contributed by atoms with E-state index in [1.54, 1.807) is 19.2 Å². The highest BCUT2D eigenvalue weighted by molar-refractivity contribution is 14.0. The van der Waals surface area contributed by atoms with E-state index in [0.29, 0.717) is 29.0 Å². The molecule has 9 heteroatoms. The van der Waals surface area contributed by atoms with Gasteiger partial charge in [-0.2, -0.15) is 0 Å². The maximum atomic E-state index is 12.8. The molecule has 3 N–H and O–H groups in total. The molecule has 0 radical (unpaired) electrons. The van der Waals surface area contributed by atoms with Crippen LogP contribution in [0.5, 0.6) is 0 Å². The van der Waals surface area contributed by atoms with Crippen molar-refractivity contribution < 1.29 is 8.42 Å². The molecule has 0 saturated carbocycles.